The third kappa shape index (κ3) is 4.82. The molecule has 7 heteroatoms. The molecule has 4 aromatic rings. The zero-order valence-corrected chi connectivity index (χ0v) is 18.8. The molecule has 4 aromatic heterocycles. The van der Waals surface area contributed by atoms with Gasteiger partial charge in [-0.2, -0.15) is 0 Å². The number of pyridine rings is 2. The number of unbranched alkanes of at least 4 members (excludes halogenated alkanes) is 2. The molecule has 1 fully saturated rings. The van der Waals surface area contributed by atoms with E-state index in [1.54, 1.807) is 12.4 Å². The van der Waals surface area contributed by atoms with E-state index in [1.807, 2.05) is 62.8 Å². The van der Waals surface area contributed by atoms with Gasteiger partial charge in [0, 0.05) is 62.3 Å². The molecule has 0 radical (unpaired) electrons. The molecule has 0 bridgehead atoms. The Bertz CT molecular complexity index is 1270. The first-order valence-electron chi connectivity index (χ1n) is 11.9. The molecule has 0 aromatic carbocycles. The van der Waals surface area contributed by atoms with E-state index in [0.717, 1.165) is 67.6 Å². The number of hydrogen-bond donors (Lipinski definition) is 0. The van der Waals surface area contributed by atoms with Gasteiger partial charge < -0.3 is 13.7 Å². The van der Waals surface area contributed by atoms with E-state index in [1.165, 1.54) is 6.42 Å². The summed E-state index contributed by atoms with van der Waals surface area (Å²) in [5, 5.41) is 0. The van der Waals surface area contributed by atoms with Crippen molar-refractivity contribution in [1.82, 2.24) is 23.7 Å². The number of Topliss-reactive ketones (excluding diaryl/α,β-unsaturated/α-hetero) is 1. The smallest absolute Gasteiger partial charge is 0.255 e. The van der Waals surface area contributed by atoms with Crippen LogP contribution in [0.2, 0.25) is 0 Å². The molecule has 0 aliphatic carbocycles. The maximum atomic E-state index is 12.9. The molecular weight excluding hydrogens is 414 g/mol. The van der Waals surface area contributed by atoms with E-state index in [0.29, 0.717) is 12.3 Å². The molecule has 0 unspecified atom stereocenters. The molecule has 5 rings (SSSR count). The summed E-state index contributed by atoms with van der Waals surface area (Å²) >= 11 is 0. The first kappa shape index (κ1) is 21.4. The van der Waals surface area contributed by atoms with Gasteiger partial charge in [-0.1, -0.05) is 19.3 Å². The van der Waals surface area contributed by atoms with Gasteiger partial charge in [-0.25, -0.2) is 9.97 Å². The van der Waals surface area contributed by atoms with Crippen molar-refractivity contribution in [3.8, 4) is 0 Å². The lowest BCUT2D eigenvalue weighted by Gasteiger charge is -2.32. The van der Waals surface area contributed by atoms with Gasteiger partial charge in [-0.15, -0.1) is 0 Å². The van der Waals surface area contributed by atoms with Gasteiger partial charge in [-0.05, 0) is 49.4 Å². The molecule has 0 spiro atoms. The Kier molecular flexibility index (Phi) is 6.19. The molecule has 0 N–H and O–H groups in total. The number of piperidine rings is 1. The van der Waals surface area contributed by atoms with Gasteiger partial charge in [0.15, 0.2) is 5.78 Å². The summed E-state index contributed by atoms with van der Waals surface area (Å²) in [5.74, 6) is 0.979. The molecular formula is C26H29N5O2. The number of likely N-dealkylation sites (tertiary alicyclic amines) is 1. The molecule has 33 heavy (non-hydrogen) atoms. The second-order valence-electron chi connectivity index (χ2n) is 8.98. The van der Waals surface area contributed by atoms with Crippen LogP contribution in [0, 0.1) is 5.92 Å². The van der Waals surface area contributed by atoms with E-state index >= 15 is 0 Å². The van der Waals surface area contributed by atoms with Crippen LogP contribution in [0.15, 0.2) is 61.4 Å². The summed E-state index contributed by atoms with van der Waals surface area (Å²) in [6.07, 6.45) is 18.0. The lowest BCUT2D eigenvalue weighted by atomic mass is 9.90. The summed E-state index contributed by atoms with van der Waals surface area (Å²) in [7, 11) is 0. The van der Waals surface area contributed by atoms with Crippen molar-refractivity contribution in [2.75, 3.05) is 13.1 Å². The number of nitrogens with zero attached hydrogens (tertiary/aromatic N) is 5. The van der Waals surface area contributed by atoms with Gasteiger partial charge in [0.2, 0.25) is 0 Å². The Labute approximate surface area is 193 Å². The summed E-state index contributed by atoms with van der Waals surface area (Å²) in [6, 6.07) is 7.51. The predicted octanol–water partition coefficient (Wildman–Crippen LogP) is 4.67. The quantitative estimate of drug-likeness (QED) is 0.293. The fraction of sp³-hybridized carbons (Fsp3) is 0.385. The second kappa shape index (κ2) is 9.57. The molecule has 1 saturated heterocycles. The Morgan fingerprint density at radius 1 is 0.818 bits per heavy atom. The van der Waals surface area contributed by atoms with Crippen LogP contribution in [0.4, 0.5) is 0 Å². The highest BCUT2D eigenvalue weighted by atomic mass is 16.2. The lowest BCUT2D eigenvalue weighted by molar-refractivity contribution is 0.0685. The van der Waals surface area contributed by atoms with Crippen LogP contribution in [0.3, 0.4) is 0 Å². The van der Waals surface area contributed by atoms with Gasteiger partial charge >= 0.3 is 0 Å². The highest BCUT2D eigenvalue weighted by molar-refractivity contribution is 5.96. The van der Waals surface area contributed by atoms with Crippen LogP contribution in [-0.4, -0.2) is 48.4 Å². The van der Waals surface area contributed by atoms with Crippen LogP contribution in [-0.2, 0) is 0 Å². The number of amides is 1. The number of fused-ring (bicyclic) bond motifs is 2. The van der Waals surface area contributed by atoms with E-state index in [-0.39, 0.29) is 11.7 Å². The normalized spacial score (nSPS) is 14.8. The standard InChI is InChI=1S/C26H29N5O2/c32-23(21-6-8-24-27-12-16-30(24)18-21)5-3-1-2-4-20-10-14-29(15-11-20)26(33)22-7-9-25-28-13-17-31(25)19-22/h6-9,12-13,16-20H,1-5,10-11,14-15H2. The van der Waals surface area contributed by atoms with Crippen molar-refractivity contribution >= 4 is 23.0 Å². The Morgan fingerprint density at radius 3 is 2.15 bits per heavy atom. The molecule has 0 saturated carbocycles. The number of carbonyl (C=O) groups excluding carboxylic acids is 2. The number of aromatic nitrogens is 4. The molecule has 170 valence electrons. The first-order chi connectivity index (χ1) is 16.2. The second-order valence-corrected chi connectivity index (χ2v) is 8.98. The fourth-order valence-electron chi connectivity index (χ4n) is 4.78. The highest BCUT2D eigenvalue weighted by Crippen LogP contribution is 2.24. The molecule has 7 nitrogen and oxygen atoms in total. The topological polar surface area (TPSA) is 72.0 Å². The minimum absolute atomic E-state index is 0.108. The minimum atomic E-state index is 0.108. The summed E-state index contributed by atoms with van der Waals surface area (Å²) in [5.41, 5.74) is 3.19. The van der Waals surface area contributed by atoms with E-state index in [2.05, 4.69) is 9.97 Å². The van der Waals surface area contributed by atoms with Crippen LogP contribution in [0.1, 0.15) is 65.7 Å². The van der Waals surface area contributed by atoms with Gasteiger partial charge in [-0.3, -0.25) is 9.59 Å². The predicted molar refractivity (Wildman–Crippen MR) is 126 cm³/mol. The first-order valence-corrected chi connectivity index (χ1v) is 11.9. The Morgan fingerprint density at radius 2 is 1.45 bits per heavy atom. The van der Waals surface area contributed by atoms with Crippen molar-refractivity contribution in [2.24, 2.45) is 5.92 Å². The van der Waals surface area contributed by atoms with E-state index in [9.17, 15) is 9.59 Å². The molecule has 5 heterocycles. The van der Waals surface area contributed by atoms with Gasteiger partial charge in [0.25, 0.3) is 5.91 Å². The molecule has 1 aliphatic rings. The number of hydrogen-bond acceptors (Lipinski definition) is 4. The lowest BCUT2D eigenvalue weighted by Crippen LogP contribution is -2.38. The number of imidazole rings is 2. The monoisotopic (exact) mass is 443 g/mol. The third-order valence-corrected chi connectivity index (χ3v) is 6.76. The maximum Gasteiger partial charge on any atom is 0.255 e. The summed E-state index contributed by atoms with van der Waals surface area (Å²) in [4.78, 5) is 35.8. The number of carbonyl (C=O) groups is 2. The molecule has 0 atom stereocenters. The molecule has 1 amide bonds. The van der Waals surface area contributed by atoms with Gasteiger partial charge in [0.05, 0.1) is 5.56 Å². The number of ketones is 1. The van der Waals surface area contributed by atoms with Crippen LogP contribution in [0.25, 0.3) is 11.3 Å². The summed E-state index contributed by atoms with van der Waals surface area (Å²) < 4.78 is 3.78. The number of rotatable bonds is 8. The minimum Gasteiger partial charge on any atom is -0.339 e. The van der Waals surface area contributed by atoms with Crippen molar-refractivity contribution in [3.05, 3.63) is 72.6 Å². The van der Waals surface area contributed by atoms with Crippen molar-refractivity contribution < 1.29 is 9.59 Å². The SMILES string of the molecule is O=C(CCCCCC1CCN(C(=O)c2ccc3nccn3c2)CC1)c1ccc2nccn2c1. The fourth-order valence-corrected chi connectivity index (χ4v) is 4.78. The summed E-state index contributed by atoms with van der Waals surface area (Å²) in [6.45, 7) is 1.64. The molecule has 1 aliphatic heterocycles. The van der Waals surface area contributed by atoms with Crippen LogP contribution >= 0.6 is 0 Å². The maximum absolute atomic E-state index is 12.9. The van der Waals surface area contributed by atoms with Crippen molar-refractivity contribution in [2.45, 2.75) is 44.9 Å². The van der Waals surface area contributed by atoms with E-state index < -0.39 is 0 Å². The van der Waals surface area contributed by atoms with Crippen molar-refractivity contribution in [1.29, 1.82) is 0 Å². The Hall–Kier alpha value is -3.48. The largest absolute Gasteiger partial charge is 0.339 e. The average molecular weight is 444 g/mol. The van der Waals surface area contributed by atoms with Crippen LogP contribution in [0.5, 0.6) is 0 Å². The van der Waals surface area contributed by atoms with Gasteiger partial charge in [0.1, 0.15) is 11.3 Å². The zero-order valence-electron chi connectivity index (χ0n) is 18.8. The third-order valence-electron chi connectivity index (χ3n) is 6.76. The van der Waals surface area contributed by atoms with Crippen LogP contribution < -0.4 is 0 Å². The Balaban J connectivity index is 1.01. The van der Waals surface area contributed by atoms with Crippen molar-refractivity contribution in [3.63, 3.8) is 0 Å². The van der Waals surface area contributed by atoms with E-state index in [4.69, 9.17) is 0 Å². The zero-order chi connectivity index (χ0) is 22.6. The highest BCUT2D eigenvalue weighted by Gasteiger charge is 2.23. The average Bonchev–Trinajstić information content (AvgIpc) is 3.52.